The molecule has 2 amide bonds. The van der Waals surface area contributed by atoms with E-state index in [0.29, 0.717) is 11.6 Å². The SMILES string of the molecule is O=C1[C@@H]2[C@@H]3O[C@@H]([C@H]4ON=C(c5ccc(Cl)cc5)[C@H]43)[C@@H]2C(=O)N1Cc1ccccc1. The number of benzene rings is 2. The van der Waals surface area contributed by atoms with Crippen LogP contribution in [-0.2, 0) is 25.7 Å². The van der Waals surface area contributed by atoms with E-state index in [0.717, 1.165) is 16.8 Å². The predicted octanol–water partition coefficient (Wildman–Crippen LogP) is 2.64. The molecule has 146 valence electrons. The molecular weight excluding hydrogens is 392 g/mol. The highest BCUT2D eigenvalue weighted by Crippen LogP contribution is 2.54. The number of carbonyl (C=O) groups is 2. The van der Waals surface area contributed by atoms with Crippen LogP contribution in [-0.4, -0.2) is 40.7 Å². The van der Waals surface area contributed by atoms with Crippen LogP contribution >= 0.6 is 11.6 Å². The fourth-order valence-electron chi connectivity index (χ4n) is 5.20. The quantitative estimate of drug-likeness (QED) is 0.732. The number of carbonyl (C=O) groups excluding carboxylic acids is 2. The average molecular weight is 409 g/mol. The van der Waals surface area contributed by atoms with Gasteiger partial charge in [0.05, 0.1) is 36.1 Å². The number of nitrogens with zero attached hydrogens (tertiary/aromatic N) is 2. The molecule has 0 radical (unpaired) electrons. The van der Waals surface area contributed by atoms with Crippen LogP contribution in [0.1, 0.15) is 11.1 Å². The third-order valence-corrected chi connectivity index (χ3v) is 6.71. The Morgan fingerprint density at radius 3 is 2.28 bits per heavy atom. The molecule has 4 aliphatic rings. The van der Waals surface area contributed by atoms with E-state index in [1.54, 1.807) is 12.1 Å². The highest BCUT2D eigenvalue weighted by atomic mass is 35.5. The zero-order valence-corrected chi connectivity index (χ0v) is 16.0. The second-order valence-electron chi connectivity index (χ2n) is 7.94. The van der Waals surface area contributed by atoms with Crippen LogP contribution in [0.15, 0.2) is 59.8 Å². The van der Waals surface area contributed by atoms with Crippen molar-refractivity contribution in [1.82, 2.24) is 4.90 Å². The fraction of sp³-hybridized carbons (Fsp3) is 0.318. The number of halogens is 1. The molecule has 0 aliphatic carbocycles. The Kier molecular flexibility index (Phi) is 3.64. The lowest BCUT2D eigenvalue weighted by molar-refractivity contribution is -0.144. The third kappa shape index (κ3) is 2.36. The molecule has 6 nitrogen and oxygen atoms in total. The van der Waals surface area contributed by atoms with Gasteiger partial charge in [-0.2, -0.15) is 0 Å². The topological polar surface area (TPSA) is 68.2 Å². The summed E-state index contributed by atoms with van der Waals surface area (Å²) in [7, 11) is 0. The van der Waals surface area contributed by atoms with E-state index in [1.165, 1.54) is 4.90 Å². The van der Waals surface area contributed by atoms with E-state index in [9.17, 15) is 9.59 Å². The van der Waals surface area contributed by atoms with Gasteiger partial charge in [0.1, 0.15) is 6.10 Å². The number of amides is 2. The van der Waals surface area contributed by atoms with Gasteiger partial charge in [0.15, 0.2) is 6.10 Å². The van der Waals surface area contributed by atoms with E-state index in [-0.39, 0.29) is 23.8 Å². The molecule has 6 atom stereocenters. The summed E-state index contributed by atoms with van der Waals surface area (Å²) in [6, 6.07) is 16.9. The summed E-state index contributed by atoms with van der Waals surface area (Å²) in [5, 5.41) is 4.92. The van der Waals surface area contributed by atoms with Crippen LogP contribution in [0.2, 0.25) is 5.02 Å². The van der Waals surface area contributed by atoms with Crippen molar-refractivity contribution in [3.05, 3.63) is 70.7 Å². The molecule has 3 fully saturated rings. The zero-order valence-electron chi connectivity index (χ0n) is 15.3. The van der Waals surface area contributed by atoms with Gasteiger partial charge < -0.3 is 9.57 Å². The molecule has 0 spiro atoms. The first kappa shape index (κ1) is 17.2. The van der Waals surface area contributed by atoms with Crippen molar-refractivity contribution < 1.29 is 19.2 Å². The summed E-state index contributed by atoms with van der Waals surface area (Å²) in [5.41, 5.74) is 2.59. The second-order valence-corrected chi connectivity index (χ2v) is 8.38. The summed E-state index contributed by atoms with van der Waals surface area (Å²) in [6.45, 7) is 0.291. The van der Waals surface area contributed by atoms with E-state index < -0.39 is 24.0 Å². The molecule has 0 unspecified atom stereocenters. The third-order valence-electron chi connectivity index (χ3n) is 6.46. The highest BCUT2D eigenvalue weighted by molar-refractivity contribution is 6.30. The molecule has 6 rings (SSSR count). The van der Waals surface area contributed by atoms with E-state index >= 15 is 0 Å². The summed E-state index contributed by atoms with van der Waals surface area (Å²) in [5.74, 6) is -1.44. The molecular formula is C22H17ClN2O4. The largest absolute Gasteiger partial charge is 0.389 e. The number of rotatable bonds is 3. The summed E-state index contributed by atoms with van der Waals surface area (Å²) in [6.07, 6.45) is -1.18. The first-order chi connectivity index (χ1) is 14.1. The maximum atomic E-state index is 13.2. The van der Waals surface area contributed by atoms with Crippen LogP contribution in [0.5, 0.6) is 0 Å². The molecule has 29 heavy (non-hydrogen) atoms. The maximum absolute atomic E-state index is 13.2. The normalized spacial score (nSPS) is 34.2. The highest BCUT2D eigenvalue weighted by Gasteiger charge is 2.72. The molecule has 2 aromatic rings. The fourth-order valence-corrected chi connectivity index (χ4v) is 5.33. The molecule has 4 aliphatic heterocycles. The Hall–Kier alpha value is -2.70. The summed E-state index contributed by atoms with van der Waals surface area (Å²) < 4.78 is 6.12. The van der Waals surface area contributed by atoms with Gasteiger partial charge in [-0.3, -0.25) is 14.5 Å². The number of oxime groups is 1. The lowest BCUT2D eigenvalue weighted by Gasteiger charge is -2.26. The Labute approximate surface area is 172 Å². The number of imide groups is 1. The number of fused-ring (bicyclic) bond motifs is 8. The Morgan fingerprint density at radius 1 is 0.862 bits per heavy atom. The maximum Gasteiger partial charge on any atom is 0.236 e. The van der Waals surface area contributed by atoms with Gasteiger partial charge in [-0.1, -0.05) is 59.2 Å². The van der Waals surface area contributed by atoms with Crippen molar-refractivity contribution in [3.63, 3.8) is 0 Å². The lowest BCUT2D eigenvalue weighted by atomic mass is 9.71. The Morgan fingerprint density at radius 2 is 1.55 bits per heavy atom. The minimum Gasteiger partial charge on any atom is -0.389 e. The van der Waals surface area contributed by atoms with Crippen molar-refractivity contribution in [2.24, 2.45) is 22.9 Å². The van der Waals surface area contributed by atoms with E-state index in [4.69, 9.17) is 21.2 Å². The number of ether oxygens (including phenoxy) is 1. The summed E-state index contributed by atoms with van der Waals surface area (Å²) in [4.78, 5) is 33.4. The first-order valence-electron chi connectivity index (χ1n) is 9.68. The average Bonchev–Trinajstić information content (AvgIpc) is 3.47. The molecule has 7 heteroatoms. The molecule has 0 N–H and O–H groups in total. The monoisotopic (exact) mass is 408 g/mol. The van der Waals surface area contributed by atoms with Crippen molar-refractivity contribution >= 4 is 29.1 Å². The van der Waals surface area contributed by atoms with Gasteiger partial charge in [-0.15, -0.1) is 0 Å². The minimum atomic E-state index is -0.489. The van der Waals surface area contributed by atoms with Crippen molar-refractivity contribution in [2.75, 3.05) is 0 Å². The number of likely N-dealkylation sites (tertiary alicyclic amines) is 1. The standard InChI is InChI=1S/C22H17ClN2O4/c23-13-8-6-12(7-9-13)17-16-18-14-15(19(28-18)20(16)29-24-17)22(27)25(21(14)26)10-11-4-2-1-3-5-11/h1-9,14-16,18-20H,10H2/t14-,15+,16-,18-,19+,20-/m0/s1. The van der Waals surface area contributed by atoms with Crippen LogP contribution in [0.4, 0.5) is 0 Å². The number of hydrogen-bond acceptors (Lipinski definition) is 5. The molecule has 3 saturated heterocycles. The molecule has 4 heterocycles. The van der Waals surface area contributed by atoms with Crippen LogP contribution in [0, 0.1) is 17.8 Å². The van der Waals surface area contributed by atoms with Crippen molar-refractivity contribution in [1.29, 1.82) is 0 Å². The van der Waals surface area contributed by atoms with E-state index in [1.807, 2.05) is 42.5 Å². The summed E-state index contributed by atoms with van der Waals surface area (Å²) >= 11 is 6.00. The molecule has 0 aromatic heterocycles. The number of hydrogen-bond donors (Lipinski definition) is 0. The Bertz CT molecular complexity index is 1040. The van der Waals surface area contributed by atoms with Crippen LogP contribution < -0.4 is 0 Å². The minimum absolute atomic E-state index is 0.155. The first-order valence-corrected chi connectivity index (χ1v) is 10.1. The van der Waals surface area contributed by atoms with Gasteiger partial charge in [0, 0.05) is 5.02 Å². The Balaban J connectivity index is 1.30. The van der Waals surface area contributed by atoms with E-state index in [2.05, 4.69) is 5.16 Å². The van der Waals surface area contributed by atoms with Crippen LogP contribution in [0.25, 0.3) is 0 Å². The smallest absolute Gasteiger partial charge is 0.236 e. The van der Waals surface area contributed by atoms with Crippen molar-refractivity contribution in [2.45, 2.75) is 24.9 Å². The lowest BCUT2D eigenvalue weighted by Crippen LogP contribution is -2.45. The second kappa shape index (κ2) is 6.15. The van der Waals surface area contributed by atoms with Gasteiger partial charge in [0.25, 0.3) is 0 Å². The van der Waals surface area contributed by atoms with Gasteiger partial charge >= 0.3 is 0 Å². The van der Waals surface area contributed by atoms with Gasteiger partial charge in [-0.25, -0.2) is 0 Å². The zero-order chi connectivity index (χ0) is 19.7. The molecule has 2 bridgehead atoms. The molecule has 2 aromatic carbocycles. The molecule has 0 saturated carbocycles. The van der Waals surface area contributed by atoms with Crippen molar-refractivity contribution in [3.8, 4) is 0 Å². The van der Waals surface area contributed by atoms with Gasteiger partial charge in [0.2, 0.25) is 11.8 Å². The predicted molar refractivity (Wildman–Crippen MR) is 104 cm³/mol. The van der Waals surface area contributed by atoms with Crippen LogP contribution in [0.3, 0.4) is 0 Å². The van der Waals surface area contributed by atoms with Gasteiger partial charge in [-0.05, 0) is 23.3 Å².